The van der Waals surface area contributed by atoms with Crippen LogP contribution in [0.15, 0.2) is 42.5 Å². The van der Waals surface area contributed by atoms with Crippen molar-refractivity contribution in [2.24, 2.45) is 0 Å². The molecule has 0 aliphatic rings. The number of benzene rings is 2. The van der Waals surface area contributed by atoms with Gasteiger partial charge in [-0.2, -0.15) is 0 Å². The summed E-state index contributed by atoms with van der Waals surface area (Å²) in [5, 5.41) is 3.26. The van der Waals surface area contributed by atoms with Gasteiger partial charge in [0, 0.05) is 11.6 Å². The van der Waals surface area contributed by atoms with Crippen LogP contribution in [0.1, 0.15) is 22.3 Å². The summed E-state index contributed by atoms with van der Waals surface area (Å²) in [5.41, 5.74) is 3.98. The first kappa shape index (κ1) is 18.0. The molecule has 1 amide bonds. The van der Waals surface area contributed by atoms with Crippen LogP contribution in [0.3, 0.4) is 0 Å². The quantitative estimate of drug-likeness (QED) is 0.817. The summed E-state index contributed by atoms with van der Waals surface area (Å²) in [5.74, 6) is -0.783. The Morgan fingerprint density at radius 2 is 1.83 bits per heavy atom. The van der Waals surface area contributed by atoms with Crippen molar-refractivity contribution in [3.8, 4) is 0 Å². The fourth-order valence-corrected chi connectivity index (χ4v) is 2.37. The Labute approximate surface area is 146 Å². The van der Waals surface area contributed by atoms with Gasteiger partial charge in [-0.05, 0) is 42.2 Å². The third kappa shape index (κ3) is 5.39. The molecule has 0 unspecified atom stereocenters. The van der Waals surface area contributed by atoms with Gasteiger partial charge in [0.15, 0.2) is 6.61 Å². The van der Waals surface area contributed by atoms with Crippen molar-refractivity contribution >= 4 is 23.5 Å². The van der Waals surface area contributed by atoms with Gasteiger partial charge in [-0.1, -0.05) is 48.0 Å². The number of rotatable bonds is 6. The zero-order valence-electron chi connectivity index (χ0n) is 13.8. The van der Waals surface area contributed by atoms with Crippen LogP contribution in [0, 0.1) is 13.8 Å². The molecule has 1 N–H and O–H groups in total. The van der Waals surface area contributed by atoms with Gasteiger partial charge in [-0.3, -0.25) is 9.59 Å². The zero-order valence-corrected chi connectivity index (χ0v) is 14.5. The van der Waals surface area contributed by atoms with Crippen LogP contribution < -0.4 is 5.32 Å². The van der Waals surface area contributed by atoms with Crippen LogP contribution >= 0.6 is 11.6 Å². The summed E-state index contributed by atoms with van der Waals surface area (Å²) in [6.07, 6.45) is 0.152. The van der Waals surface area contributed by atoms with Gasteiger partial charge in [0.25, 0.3) is 5.91 Å². The molecule has 2 aromatic carbocycles. The first-order chi connectivity index (χ1) is 11.5. The Balaban J connectivity index is 1.76. The maximum Gasteiger partial charge on any atom is 0.310 e. The minimum atomic E-state index is -0.425. The second-order valence-electron chi connectivity index (χ2n) is 5.62. The molecular formula is C19H20ClNO3. The largest absolute Gasteiger partial charge is 0.455 e. The molecule has 0 heterocycles. The molecule has 4 nitrogen and oxygen atoms in total. The lowest BCUT2D eigenvalue weighted by Crippen LogP contribution is -2.28. The number of aryl methyl sites for hydroxylation is 2. The highest BCUT2D eigenvalue weighted by Crippen LogP contribution is 2.14. The molecule has 0 aliphatic carbocycles. The van der Waals surface area contributed by atoms with E-state index in [1.165, 1.54) is 5.56 Å². The Morgan fingerprint density at radius 1 is 1.08 bits per heavy atom. The van der Waals surface area contributed by atoms with E-state index in [1.54, 1.807) is 6.07 Å². The average molecular weight is 346 g/mol. The van der Waals surface area contributed by atoms with Gasteiger partial charge in [0.1, 0.15) is 0 Å². The minimum absolute atomic E-state index is 0.152. The summed E-state index contributed by atoms with van der Waals surface area (Å²) in [4.78, 5) is 23.6. The number of amides is 1. The van der Waals surface area contributed by atoms with Gasteiger partial charge in [-0.15, -0.1) is 0 Å². The molecule has 0 radical (unpaired) electrons. The number of hydrogen-bond donors (Lipinski definition) is 1. The number of carbonyl (C=O) groups is 2. The lowest BCUT2D eigenvalue weighted by Gasteiger charge is -2.08. The van der Waals surface area contributed by atoms with Crippen molar-refractivity contribution in [3.05, 3.63) is 69.7 Å². The smallest absolute Gasteiger partial charge is 0.310 e. The van der Waals surface area contributed by atoms with Gasteiger partial charge >= 0.3 is 5.97 Å². The van der Waals surface area contributed by atoms with Gasteiger partial charge < -0.3 is 10.1 Å². The molecule has 0 atom stereocenters. The summed E-state index contributed by atoms with van der Waals surface area (Å²) in [6, 6.07) is 13.1. The fraction of sp³-hybridized carbons (Fsp3) is 0.263. The Hall–Kier alpha value is -2.33. The normalized spacial score (nSPS) is 10.3. The zero-order chi connectivity index (χ0) is 17.5. The maximum absolute atomic E-state index is 11.8. The Bertz CT molecular complexity index is 743. The van der Waals surface area contributed by atoms with E-state index in [4.69, 9.17) is 16.3 Å². The van der Waals surface area contributed by atoms with E-state index < -0.39 is 5.97 Å². The minimum Gasteiger partial charge on any atom is -0.455 e. The topological polar surface area (TPSA) is 55.4 Å². The monoisotopic (exact) mass is 345 g/mol. The molecule has 5 heteroatoms. The second kappa shape index (κ2) is 8.50. The Morgan fingerprint density at radius 3 is 2.54 bits per heavy atom. The average Bonchev–Trinajstić information content (AvgIpc) is 2.55. The molecule has 0 aromatic heterocycles. The molecule has 2 aromatic rings. The van der Waals surface area contributed by atoms with E-state index in [2.05, 4.69) is 5.32 Å². The maximum atomic E-state index is 11.8. The van der Waals surface area contributed by atoms with Crippen molar-refractivity contribution in [2.45, 2.75) is 26.8 Å². The summed E-state index contributed by atoms with van der Waals surface area (Å²) in [7, 11) is 0. The SMILES string of the molecule is Cc1ccc(CC(=O)OCC(=O)NCc2ccccc2Cl)cc1C. The van der Waals surface area contributed by atoms with E-state index in [1.807, 2.05) is 50.2 Å². The van der Waals surface area contributed by atoms with Crippen LogP contribution in [0.5, 0.6) is 0 Å². The first-order valence-corrected chi connectivity index (χ1v) is 8.05. The molecule has 126 valence electrons. The molecule has 0 bridgehead atoms. The van der Waals surface area contributed by atoms with E-state index in [0.717, 1.165) is 16.7 Å². The second-order valence-corrected chi connectivity index (χ2v) is 6.03. The lowest BCUT2D eigenvalue weighted by molar-refractivity contribution is -0.147. The summed E-state index contributed by atoms with van der Waals surface area (Å²) >= 11 is 6.01. The van der Waals surface area contributed by atoms with Gasteiger partial charge in [0.2, 0.25) is 0 Å². The third-order valence-electron chi connectivity index (χ3n) is 3.72. The Kier molecular flexibility index (Phi) is 6.38. The fourth-order valence-electron chi connectivity index (χ4n) is 2.16. The lowest BCUT2D eigenvalue weighted by atomic mass is 10.0. The van der Waals surface area contributed by atoms with Crippen LogP contribution in [0.25, 0.3) is 0 Å². The van der Waals surface area contributed by atoms with Crippen molar-refractivity contribution in [3.63, 3.8) is 0 Å². The highest BCUT2D eigenvalue weighted by atomic mass is 35.5. The summed E-state index contributed by atoms with van der Waals surface area (Å²) < 4.78 is 5.01. The van der Waals surface area contributed by atoms with Crippen molar-refractivity contribution in [2.75, 3.05) is 6.61 Å². The van der Waals surface area contributed by atoms with Gasteiger partial charge in [-0.25, -0.2) is 0 Å². The first-order valence-electron chi connectivity index (χ1n) is 7.67. The van der Waals surface area contributed by atoms with Crippen molar-refractivity contribution in [1.82, 2.24) is 5.32 Å². The van der Waals surface area contributed by atoms with Gasteiger partial charge in [0.05, 0.1) is 6.42 Å². The molecule has 0 saturated carbocycles. The number of esters is 1. The highest BCUT2D eigenvalue weighted by molar-refractivity contribution is 6.31. The highest BCUT2D eigenvalue weighted by Gasteiger charge is 2.09. The molecule has 0 spiro atoms. The number of halogens is 1. The molecule has 2 rings (SSSR count). The standard InChI is InChI=1S/C19H20ClNO3/c1-13-7-8-15(9-14(13)2)10-19(23)24-12-18(22)21-11-16-5-3-4-6-17(16)20/h3-9H,10-12H2,1-2H3,(H,21,22). The molecule has 0 saturated heterocycles. The summed E-state index contributed by atoms with van der Waals surface area (Å²) in [6.45, 7) is 4.01. The van der Waals surface area contributed by atoms with E-state index >= 15 is 0 Å². The predicted octanol–water partition coefficient (Wildman–Crippen LogP) is 3.36. The van der Waals surface area contributed by atoms with Crippen LogP contribution in [-0.2, 0) is 27.3 Å². The van der Waals surface area contributed by atoms with E-state index in [-0.39, 0.29) is 18.9 Å². The van der Waals surface area contributed by atoms with E-state index in [0.29, 0.717) is 11.6 Å². The van der Waals surface area contributed by atoms with Crippen molar-refractivity contribution < 1.29 is 14.3 Å². The molecular weight excluding hydrogens is 326 g/mol. The third-order valence-corrected chi connectivity index (χ3v) is 4.09. The molecule has 0 fully saturated rings. The van der Waals surface area contributed by atoms with Crippen molar-refractivity contribution in [1.29, 1.82) is 0 Å². The number of hydrogen-bond acceptors (Lipinski definition) is 3. The molecule has 24 heavy (non-hydrogen) atoms. The number of nitrogens with one attached hydrogen (secondary N) is 1. The number of carbonyl (C=O) groups excluding carboxylic acids is 2. The predicted molar refractivity (Wildman–Crippen MR) is 93.9 cm³/mol. The number of ether oxygens (including phenoxy) is 1. The van der Waals surface area contributed by atoms with Crippen LogP contribution in [-0.4, -0.2) is 18.5 Å². The van der Waals surface area contributed by atoms with E-state index in [9.17, 15) is 9.59 Å². The molecule has 0 aliphatic heterocycles. The van der Waals surface area contributed by atoms with Crippen LogP contribution in [0.2, 0.25) is 5.02 Å². The van der Waals surface area contributed by atoms with Crippen LogP contribution in [0.4, 0.5) is 0 Å².